The number of rotatable bonds is 0. The van der Waals surface area contributed by atoms with E-state index in [1.807, 2.05) is 25.3 Å². The molecule has 0 N–H and O–H groups in total. The van der Waals surface area contributed by atoms with Crippen molar-refractivity contribution in [3.05, 3.63) is 47.4 Å². The molecule has 1 aliphatic rings. The van der Waals surface area contributed by atoms with Crippen LogP contribution in [0.5, 0.6) is 0 Å². The summed E-state index contributed by atoms with van der Waals surface area (Å²) in [6, 6.07) is 9.40. The third-order valence-corrected chi connectivity index (χ3v) is 2.83. The van der Waals surface area contributed by atoms with Crippen LogP contribution in [0.2, 0.25) is 0 Å². The molecule has 16 heavy (non-hydrogen) atoms. The van der Waals surface area contributed by atoms with Gasteiger partial charge in [0.25, 0.3) is 0 Å². The molecule has 77 valence electrons. The van der Waals surface area contributed by atoms with Crippen molar-refractivity contribution < 1.29 is 32.7 Å². The zero-order valence-corrected chi connectivity index (χ0v) is 12.0. The third-order valence-electron chi connectivity index (χ3n) is 2.83. The maximum Gasteiger partial charge on any atom is 0.124 e. The predicted molar refractivity (Wildman–Crippen MR) is 58.4 cm³/mol. The average Bonchev–Trinajstić information content (AvgIpc) is 2.29. The van der Waals surface area contributed by atoms with Crippen LogP contribution in [0.25, 0.3) is 11.3 Å². The number of nitrogens with zero attached hydrogens (tertiary/aromatic N) is 2. The maximum atomic E-state index is 4.52. The summed E-state index contributed by atoms with van der Waals surface area (Å²) in [6.45, 7) is 1.93. The van der Waals surface area contributed by atoms with Gasteiger partial charge in [-0.05, 0) is 25.3 Å². The van der Waals surface area contributed by atoms with E-state index >= 15 is 0 Å². The monoisotopic (exact) mass is 284 g/mol. The largest absolute Gasteiger partial charge is 0.246 e. The number of aryl methyl sites for hydroxylation is 3. The van der Waals surface area contributed by atoms with Gasteiger partial charge in [-0.1, -0.05) is 0 Å². The van der Waals surface area contributed by atoms with E-state index in [0.29, 0.717) is 0 Å². The molecule has 2 aromatic rings. The fourth-order valence-electron chi connectivity index (χ4n) is 2.07. The Morgan fingerprint density at radius 2 is 2.19 bits per heavy atom. The molecule has 1 heterocycles. The van der Waals surface area contributed by atoms with E-state index < -0.39 is 0 Å². The molecule has 0 saturated carbocycles. The second kappa shape index (κ2) is 4.72. The first-order valence-corrected chi connectivity index (χ1v) is 5.17. The van der Waals surface area contributed by atoms with E-state index in [9.17, 15) is 0 Å². The van der Waals surface area contributed by atoms with Gasteiger partial charge in [0.05, 0.1) is 0 Å². The van der Waals surface area contributed by atoms with Crippen molar-refractivity contribution in [2.45, 2.75) is 19.8 Å². The number of hydrogen-bond donors (Lipinski definition) is 0. The summed E-state index contributed by atoms with van der Waals surface area (Å²) in [5.41, 5.74) is 4.86. The van der Waals surface area contributed by atoms with E-state index in [2.05, 4.69) is 22.1 Å². The Morgan fingerprint density at radius 3 is 3.06 bits per heavy atom. The van der Waals surface area contributed by atoms with E-state index in [1.165, 1.54) is 16.7 Å². The van der Waals surface area contributed by atoms with Crippen molar-refractivity contribution in [1.82, 2.24) is 9.97 Å². The second-order valence-corrected chi connectivity index (χ2v) is 3.85. The molecule has 0 aliphatic heterocycles. The molecule has 0 fully saturated rings. The summed E-state index contributed by atoms with van der Waals surface area (Å²) in [4.78, 5) is 8.77. The molecule has 0 spiro atoms. The van der Waals surface area contributed by atoms with Crippen LogP contribution in [0.15, 0.2) is 24.4 Å². The molecular formula is C13H11N2Y-. The fourth-order valence-corrected chi connectivity index (χ4v) is 2.07. The van der Waals surface area contributed by atoms with Crippen LogP contribution in [-0.2, 0) is 45.6 Å². The van der Waals surface area contributed by atoms with Crippen LogP contribution in [0, 0.1) is 13.0 Å². The molecule has 1 aliphatic carbocycles. The van der Waals surface area contributed by atoms with Crippen molar-refractivity contribution in [3.63, 3.8) is 0 Å². The van der Waals surface area contributed by atoms with Gasteiger partial charge in [0.15, 0.2) is 0 Å². The van der Waals surface area contributed by atoms with Gasteiger partial charge in [-0.25, -0.2) is 9.97 Å². The quantitative estimate of drug-likeness (QED) is 0.694. The van der Waals surface area contributed by atoms with Gasteiger partial charge in [0, 0.05) is 44.6 Å². The first-order valence-electron chi connectivity index (χ1n) is 5.17. The van der Waals surface area contributed by atoms with Crippen molar-refractivity contribution in [2.24, 2.45) is 0 Å². The van der Waals surface area contributed by atoms with Gasteiger partial charge in [0.1, 0.15) is 5.82 Å². The second-order valence-electron chi connectivity index (χ2n) is 3.85. The molecule has 1 aromatic carbocycles. The summed E-state index contributed by atoms with van der Waals surface area (Å²) < 4.78 is 0. The van der Waals surface area contributed by atoms with Crippen LogP contribution in [0.3, 0.4) is 0 Å². The summed E-state index contributed by atoms with van der Waals surface area (Å²) in [6.07, 6.45) is 4.03. The van der Waals surface area contributed by atoms with Gasteiger partial charge in [-0.15, -0.1) is 5.56 Å². The molecule has 2 nitrogen and oxygen atoms in total. The van der Waals surface area contributed by atoms with E-state index in [1.54, 1.807) is 0 Å². The zero-order chi connectivity index (χ0) is 10.3. The number of benzene rings is 1. The smallest absolute Gasteiger partial charge is 0.124 e. The van der Waals surface area contributed by atoms with Crippen molar-refractivity contribution >= 4 is 0 Å². The Bertz CT molecular complexity index is 523. The van der Waals surface area contributed by atoms with Gasteiger partial charge in [0.2, 0.25) is 0 Å². The van der Waals surface area contributed by atoms with Gasteiger partial charge in [-0.2, -0.15) is 29.8 Å². The molecule has 0 atom stereocenters. The molecule has 3 rings (SSSR count). The fraction of sp³-hybridized carbons (Fsp3) is 0.231. The van der Waals surface area contributed by atoms with Gasteiger partial charge in [-0.3, -0.25) is 0 Å². The van der Waals surface area contributed by atoms with Crippen LogP contribution >= 0.6 is 0 Å². The molecule has 1 radical (unpaired) electrons. The van der Waals surface area contributed by atoms with Crippen LogP contribution in [0.4, 0.5) is 0 Å². The Morgan fingerprint density at radius 1 is 1.31 bits per heavy atom. The molecule has 3 heteroatoms. The minimum absolute atomic E-state index is 0. The Hall–Kier alpha value is -0.596. The Balaban J connectivity index is 0.000000963. The number of aromatic nitrogens is 2. The van der Waals surface area contributed by atoms with Crippen molar-refractivity contribution in [2.75, 3.05) is 0 Å². The van der Waals surface area contributed by atoms with E-state index in [0.717, 1.165) is 24.4 Å². The van der Waals surface area contributed by atoms with Gasteiger partial charge < -0.3 is 0 Å². The minimum atomic E-state index is 0. The molecule has 0 amide bonds. The molecule has 0 saturated heterocycles. The minimum Gasteiger partial charge on any atom is -0.246 e. The average molecular weight is 284 g/mol. The summed E-state index contributed by atoms with van der Waals surface area (Å²) in [7, 11) is 0. The van der Waals surface area contributed by atoms with Crippen LogP contribution < -0.4 is 0 Å². The third kappa shape index (κ3) is 1.96. The zero-order valence-electron chi connectivity index (χ0n) is 9.20. The topological polar surface area (TPSA) is 25.8 Å². The normalized spacial score (nSPS) is 12.3. The molecule has 0 bridgehead atoms. The van der Waals surface area contributed by atoms with Crippen molar-refractivity contribution in [3.8, 4) is 11.3 Å². The first kappa shape index (κ1) is 11.9. The number of fused-ring (bicyclic) bond motifs is 3. The summed E-state index contributed by atoms with van der Waals surface area (Å²) in [5, 5.41) is 0. The molecule has 1 aromatic heterocycles. The van der Waals surface area contributed by atoms with Crippen molar-refractivity contribution in [1.29, 1.82) is 0 Å². The Kier molecular flexibility index (Phi) is 3.51. The van der Waals surface area contributed by atoms with E-state index in [-0.39, 0.29) is 32.7 Å². The number of hydrogen-bond acceptors (Lipinski definition) is 2. The SMILES string of the molecule is Cc1ncc2c(n1)-c1ccc[c-]c1CC2.[Y]. The van der Waals surface area contributed by atoms with Crippen LogP contribution in [0.1, 0.15) is 17.0 Å². The van der Waals surface area contributed by atoms with Gasteiger partial charge >= 0.3 is 0 Å². The standard InChI is InChI=1S/C13H11N2.Y/c1-9-14-8-11-7-6-10-4-2-3-5-12(10)13(11)15-9;/h2-3,5,8H,6-7H2,1H3;/q-1;. The Labute approximate surface area is 120 Å². The summed E-state index contributed by atoms with van der Waals surface area (Å²) >= 11 is 0. The van der Waals surface area contributed by atoms with Crippen LogP contribution in [-0.4, -0.2) is 9.97 Å². The first-order chi connectivity index (χ1) is 7.34. The van der Waals surface area contributed by atoms with E-state index in [4.69, 9.17) is 0 Å². The summed E-state index contributed by atoms with van der Waals surface area (Å²) in [5.74, 6) is 0.838. The molecular weight excluding hydrogens is 273 g/mol. The predicted octanol–water partition coefficient (Wildman–Crippen LogP) is 2.35. The maximum absolute atomic E-state index is 4.52. The molecule has 0 unspecified atom stereocenters.